The first kappa shape index (κ1) is 16.1. The number of hydrogen-bond donors (Lipinski definition) is 0. The number of nitrogens with zero attached hydrogens (tertiary/aromatic N) is 2. The van der Waals surface area contributed by atoms with E-state index in [9.17, 15) is 9.59 Å². The van der Waals surface area contributed by atoms with Crippen LogP contribution in [0.3, 0.4) is 0 Å². The van der Waals surface area contributed by atoms with Crippen LogP contribution in [0.5, 0.6) is 0 Å². The maximum absolute atomic E-state index is 13.7. The van der Waals surface area contributed by atoms with Gasteiger partial charge in [0.15, 0.2) is 11.4 Å². The topological polar surface area (TPSA) is 49.9 Å². The minimum Gasteiger partial charge on any atom is -0.469 e. The summed E-state index contributed by atoms with van der Waals surface area (Å²) < 4.78 is 5.31. The number of carbonyl (C=O) groups is 2. The van der Waals surface area contributed by atoms with Crippen LogP contribution in [0.15, 0.2) is 35.9 Å². The lowest BCUT2D eigenvalue weighted by atomic mass is 9.54. The van der Waals surface area contributed by atoms with Crippen LogP contribution < -0.4 is 4.90 Å². The van der Waals surface area contributed by atoms with E-state index in [0.29, 0.717) is 6.42 Å². The van der Waals surface area contributed by atoms with Crippen molar-refractivity contribution in [2.45, 2.75) is 30.8 Å². The van der Waals surface area contributed by atoms with Crippen molar-refractivity contribution >= 4 is 17.4 Å². The number of ketones is 1. The Balaban J connectivity index is 1.90. The summed E-state index contributed by atoms with van der Waals surface area (Å²) in [6, 6.07) is 8.23. The van der Waals surface area contributed by atoms with Crippen LogP contribution in [-0.2, 0) is 19.7 Å². The van der Waals surface area contributed by atoms with E-state index in [1.807, 2.05) is 26.1 Å². The third-order valence-corrected chi connectivity index (χ3v) is 7.49. The van der Waals surface area contributed by atoms with Gasteiger partial charge >= 0.3 is 5.97 Å². The van der Waals surface area contributed by atoms with Gasteiger partial charge in [0.05, 0.1) is 18.4 Å². The van der Waals surface area contributed by atoms with Crippen molar-refractivity contribution in [2.75, 3.05) is 32.1 Å². The van der Waals surface area contributed by atoms with Crippen LogP contribution in [0.1, 0.15) is 25.3 Å². The number of Topliss-reactive ketones (excluding diaryl/α,β-unsaturated/α-hetero) is 1. The van der Waals surface area contributed by atoms with Gasteiger partial charge in [-0.2, -0.15) is 0 Å². The maximum Gasteiger partial charge on any atom is 0.310 e. The average Bonchev–Trinajstić information content (AvgIpc) is 3.03. The minimum absolute atomic E-state index is 0.0714. The Kier molecular flexibility index (Phi) is 3.07. The van der Waals surface area contributed by atoms with Gasteiger partial charge in [-0.05, 0) is 25.0 Å². The highest BCUT2D eigenvalue weighted by molar-refractivity contribution is 6.02. The van der Waals surface area contributed by atoms with E-state index in [-0.39, 0.29) is 23.6 Å². The summed E-state index contributed by atoms with van der Waals surface area (Å²) >= 11 is 0. The molecule has 4 heterocycles. The third-order valence-electron chi connectivity index (χ3n) is 7.49. The van der Waals surface area contributed by atoms with Gasteiger partial charge in [-0.3, -0.25) is 14.5 Å². The van der Waals surface area contributed by atoms with Gasteiger partial charge in [0, 0.05) is 38.2 Å². The Morgan fingerprint density at radius 2 is 2.12 bits per heavy atom. The van der Waals surface area contributed by atoms with Crippen LogP contribution in [0.2, 0.25) is 0 Å². The molecule has 136 valence electrons. The SMILES string of the molecule is C/C=C1\CN2CC[C@@]34c5ccccc5N(C)C23C(=O)C[C@@H]1[C@H]4C(=O)OC. The van der Waals surface area contributed by atoms with E-state index >= 15 is 0 Å². The zero-order valence-electron chi connectivity index (χ0n) is 15.5. The van der Waals surface area contributed by atoms with Crippen molar-refractivity contribution in [3.8, 4) is 0 Å². The first-order valence-electron chi connectivity index (χ1n) is 9.38. The highest BCUT2D eigenvalue weighted by Gasteiger charge is 2.79. The van der Waals surface area contributed by atoms with Crippen molar-refractivity contribution in [1.82, 2.24) is 4.90 Å². The number of esters is 1. The van der Waals surface area contributed by atoms with Crippen LogP contribution >= 0.6 is 0 Å². The summed E-state index contributed by atoms with van der Waals surface area (Å²) in [6.45, 7) is 3.59. The molecule has 0 amide bonds. The molecule has 4 aliphatic heterocycles. The quantitative estimate of drug-likeness (QED) is 0.572. The Morgan fingerprint density at radius 3 is 2.85 bits per heavy atom. The molecule has 0 N–H and O–H groups in total. The summed E-state index contributed by atoms with van der Waals surface area (Å²) in [5.74, 6) is -0.330. The largest absolute Gasteiger partial charge is 0.469 e. The molecular formula is C21H24N2O3. The molecule has 5 nitrogen and oxygen atoms in total. The maximum atomic E-state index is 13.7. The summed E-state index contributed by atoms with van der Waals surface area (Å²) in [6.07, 6.45) is 3.33. The van der Waals surface area contributed by atoms with Crippen LogP contribution in [0.25, 0.3) is 0 Å². The summed E-state index contributed by atoms with van der Waals surface area (Å²) in [7, 11) is 3.49. The molecule has 26 heavy (non-hydrogen) atoms. The van der Waals surface area contributed by atoms with Gasteiger partial charge in [0.25, 0.3) is 0 Å². The van der Waals surface area contributed by atoms with Crippen LogP contribution in [0, 0.1) is 11.8 Å². The molecule has 1 spiro atoms. The number of methoxy groups -OCH3 is 1. The Bertz CT molecular complexity index is 863. The van der Waals surface area contributed by atoms with Gasteiger partial charge in [-0.25, -0.2) is 0 Å². The fraction of sp³-hybridized carbons (Fsp3) is 0.524. The van der Waals surface area contributed by atoms with E-state index in [2.05, 4.69) is 28.0 Å². The molecule has 4 bridgehead atoms. The number of fused-ring (bicyclic) bond motifs is 3. The van der Waals surface area contributed by atoms with Gasteiger partial charge in [0.2, 0.25) is 0 Å². The van der Waals surface area contributed by atoms with Crippen molar-refractivity contribution in [2.24, 2.45) is 11.8 Å². The number of hydrogen-bond acceptors (Lipinski definition) is 5. The first-order chi connectivity index (χ1) is 12.5. The van der Waals surface area contributed by atoms with Gasteiger partial charge < -0.3 is 9.64 Å². The fourth-order valence-corrected chi connectivity index (χ4v) is 6.71. The van der Waals surface area contributed by atoms with Crippen molar-refractivity contribution in [3.05, 3.63) is 41.5 Å². The molecule has 2 unspecified atom stereocenters. The zero-order chi connectivity index (χ0) is 18.3. The van der Waals surface area contributed by atoms with E-state index < -0.39 is 11.1 Å². The molecule has 1 aliphatic carbocycles. The summed E-state index contributed by atoms with van der Waals surface area (Å²) in [5, 5.41) is 0. The number of ether oxygens (including phenoxy) is 1. The second kappa shape index (κ2) is 4.97. The Labute approximate surface area is 153 Å². The molecule has 3 saturated heterocycles. The minimum atomic E-state index is -0.767. The molecule has 4 fully saturated rings. The number of likely N-dealkylation sites (N-methyl/N-ethyl adjacent to an activating group) is 1. The fourth-order valence-electron chi connectivity index (χ4n) is 6.71. The number of para-hydroxylation sites is 1. The Morgan fingerprint density at radius 1 is 1.35 bits per heavy atom. The number of benzene rings is 1. The highest BCUT2D eigenvalue weighted by atomic mass is 16.5. The number of carbonyl (C=O) groups excluding carboxylic acids is 2. The summed E-state index contributed by atoms with van der Waals surface area (Å²) in [4.78, 5) is 31.3. The molecule has 1 aromatic rings. The molecular weight excluding hydrogens is 328 g/mol. The molecule has 0 aromatic heterocycles. The smallest absolute Gasteiger partial charge is 0.310 e. The van der Waals surface area contributed by atoms with E-state index in [4.69, 9.17) is 4.74 Å². The van der Waals surface area contributed by atoms with Crippen LogP contribution in [0.4, 0.5) is 5.69 Å². The van der Waals surface area contributed by atoms with Gasteiger partial charge in [-0.1, -0.05) is 29.8 Å². The average molecular weight is 352 g/mol. The normalized spacial score (nSPS) is 41.2. The standard InChI is InChI=1S/C21H24N2O3/c1-4-13-12-23-10-9-20-15-7-5-6-8-16(15)22(2)21(20,23)17(24)11-14(13)18(20)19(25)26-3/h4-8,14,18H,9-12H2,1-3H3/b13-4+/t14-,18-,20-,21?/m0/s1. The van der Waals surface area contributed by atoms with Crippen molar-refractivity contribution in [1.29, 1.82) is 0 Å². The van der Waals surface area contributed by atoms with Gasteiger partial charge in [-0.15, -0.1) is 0 Å². The number of anilines is 1. The molecule has 6 rings (SSSR count). The molecule has 0 radical (unpaired) electrons. The summed E-state index contributed by atoms with van der Waals surface area (Å²) in [5.41, 5.74) is 2.11. The lowest BCUT2D eigenvalue weighted by Gasteiger charge is -2.52. The number of allylic oxidation sites excluding steroid dienone is 1. The molecule has 5 aliphatic rings. The molecule has 1 saturated carbocycles. The lowest BCUT2D eigenvalue weighted by Crippen LogP contribution is -2.71. The van der Waals surface area contributed by atoms with E-state index in [0.717, 1.165) is 30.8 Å². The molecule has 1 aromatic carbocycles. The zero-order valence-corrected chi connectivity index (χ0v) is 15.5. The van der Waals surface area contributed by atoms with Gasteiger partial charge in [0.1, 0.15) is 0 Å². The third kappa shape index (κ3) is 1.42. The highest BCUT2D eigenvalue weighted by Crippen LogP contribution is 2.68. The Hall–Kier alpha value is -2.14. The second-order valence-corrected chi connectivity index (χ2v) is 7.99. The molecule has 5 atom stereocenters. The van der Waals surface area contributed by atoms with Crippen LogP contribution in [-0.4, -0.2) is 49.6 Å². The van der Waals surface area contributed by atoms with Crippen molar-refractivity contribution < 1.29 is 14.3 Å². The number of rotatable bonds is 1. The van der Waals surface area contributed by atoms with E-state index in [1.165, 1.54) is 12.7 Å². The van der Waals surface area contributed by atoms with Crippen molar-refractivity contribution in [3.63, 3.8) is 0 Å². The predicted octanol–water partition coefficient (Wildman–Crippen LogP) is 2.11. The monoisotopic (exact) mass is 352 g/mol. The predicted molar refractivity (Wildman–Crippen MR) is 97.8 cm³/mol. The first-order valence-corrected chi connectivity index (χ1v) is 9.38. The lowest BCUT2D eigenvalue weighted by molar-refractivity contribution is -0.157. The molecule has 5 heteroatoms. The van der Waals surface area contributed by atoms with E-state index in [1.54, 1.807) is 0 Å². The second-order valence-electron chi connectivity index (χ2n) is 7.99.